The van der Waals surface area contributed by atoms with Crippen LogP contribution in [0.5, 0.6) is 0 Å². The summed E-state index contributed by atoms with van der Waals surface area (Å²) in [6, 6.07) is 2.46. The Labute approximate surface area is 114 Å². The van der Waals surface area contributed by atoms with Crippen molar-refractivity contribution in [2.45, 2.75) is 83.3 Å². The number of hydrogen-bond donors (Lipinski definition) is 1. The van der Waals surface area contributed by atoms with Crippen LogP contribution in [-0.2, 0) is 0 Å². The van der Waals surface area contributed by atoms with Gasteiger partial charge < -0.3 is 5.32 Å². The first-order valence-electron chi connectivity index (χ1n) is 8.16. The Morgan fingerprint density at radius 2 is 1.78 bits per heavy atom. The zero-order valence-corrected chi connectivity index (χ0v) is 12.6. The molecule has 0 aromatic heterocycles. The van der Waals surface area contributed by atoms with Gasteiger partial charge in [0.2, 0.25) is 0 Å². The lowest BCUT2D eigenvalue weighted by molar-refractivity contribution is 0.115. The molecule has 2 nitrogen and oxygen atoms in total. The lowest BCUT2D eigenvalue weighted by atomic mass is 9.86. The summed E-state index contributed by atoms with van der Waals surface area (Å²) in [5.74, 6) is 0.962. The van der Waals surface area contributed by atoms with Crippen molar-refractivity contribution in [1.29, 1.82) is 0 Å². The van der Waals surface area contributed by atoms with Crippen molar-refractivity contribution in [3.63, 3.8) is 0 Å². The highest BCUT2D eigenvalue weighted by Gasteiger charge is 2.28. The van der Waals surface area contributed by atoms with Crippen LogP contribution in [0.4, 0.5) is 0 Å². The van der Waals surface area contributed by atoms with Gasteiger partial charge in [-0.1, -0.05) is 20.3 Å². The summed E-state index contributed by atoms with van der Waals surface area (Å²) in [4.78, 5) is 2.70. The molecule has 106 valence electrons. The van der Waals surface area contributed by atoms with Crippen LogP contribution in [-0.4, -0.2) is 36.6 Å². The second-order valence-corrected chi connectivity index (χ2v) is 6.70. The van der Waals surface area contributed by atoms with E-state index in [9.17, 15) is 0 Å². The molecule has 0 heterocycles. The standard InChI is InChI=1S/C16H32N2/c1-4-5-16(12-17-14-8-9-14)18(3)15-10-6-13(2)7-11-15/h13-17H,4-12H2,1-3H3. The van der Waals surface area contributed by atoms with Crippen molar-refractivity contribution in [3.05, 3.63) is 0 Å². The summed E-state index contributed by atoms with van der Waals surface area (Å²) in [5, 5.41) is 3.73. The van der Waals surface area contributed by atoms with Gasteiger partial charge in [-0.15, -0.1) is 0 Å². The molecule has 2 saturated carbocycles. The predicted molar refractivity (Wildman–Crippen MR) is 78.9 cm³/mol. The van der Waals surface area contributed by atoms with Crippen LogP contribution in [0.2, 0.25) is 0 Å². The van der Waals surface area contributed by atoms with Crippen molar-refractivity contribution in [3.8, 4) is 0 Å². The molecule has 0 spiro atoms. The molecule has 0 aromatic rings. The van der Waals surface area contributed by atoms with Gasteiger partial charge in [0.05, 0.1) is 0 Å². The van der Waals surface area contributed by atoms with Crippen LogP contribution in [0.1, 0.15) is 65.2 Å². The third kappa shape index (κ3) is 4.24. The molecule has 0 aliphatic heterocycles. The fraction of sp³-hybridized carbons (Fsp3) is 1.00. The van der Waals surface area contributed by atoms with Crippen molar-refractivity contribution >= 4 is 0 Å². The molecule has 0 radical (unpaired) electrons. The molecule has 1 N–H and O–H groups in total. The van der Waals surface area contributed by atoms with Gasteiger partial charge >= 0.3 is 0 Å². The topological polar surface area (TPSA) is 15.3 Å². The Morgan fingerprint density at radius 3 is 2.33 bits per heavy atom. The first-order chi connectivity index (χ1) is 8.70. The third-order valence-corrected chi connectivity index (χ3v) is 4.98. The van der Waals surface area contributed by atoms with E-state index in [1.54, 1.807) is 0 Å². The molecule has 2 heteroatoms. The Morgan fingerprint density at radius 1 is 1.11 bits per heavy atom. The Hall–Kier alpha value is -0.0800. The Bertz CT molecular complexity index is 229. The molecule has 2 aliphatic rings. The van der Waals surface area contributed by atoms with Crippen molar-refractivity contribution in [1.82, 2.24) is 10.2 Å². The average molecular weight is 252 g/mol. The number of hydrogen-bond acceptors (Lipinski definition) is 2. The number of likely N-dealkylation sites (N-methyl/N-ethyl adjacent to an activating group) is 1. The average Bonchev–Trinajstić information content (AvgIpc) is 3.18. The van der Waals surface area contributed by atoms with E-state index in [1.807, 2.05) is 0 Å². The minimum absolute atomic E-state index is 0.758. The van der Waals surface area contributed by atoms with Crippen LogP contribution in [0.15, 0.2) is 0 Å². The van der Waals surface area contributed by atoms with Gasteiger partial charge in [0.25, 0.3) is 0 Å². The first kappa shape index (κ1) is 14.3. The summed E-state index contributed by atoms with van der Waals surface area (Å²) in [6.45, 7) is 5.94. The second-order valence-electron chi connectivity index (χ2n) is 6.70. The maximum atomic E-state index is 3.73. The number of rotatable bonds is 7. The molecule has 1 unspecified atom stereocenters. The summed E-state index contributed by atoms with van der Waals surface area (Å²) in [6.07, 6.45) is 11.2. The van der Waals surface area contributed by atoms with Crippen LogP contribution < -0.4 is 5.32 Å². The smallest absolute Gasteiger partial charge is 0.0220 e. The molecule has 1 atom stereocenters. The molecule has 0 aromatic carbocycles. The van der Waals surface area contributed by atoms with Crippen LogP contribution in [0.25, 0.3) is 0 Å². The van der Waals surface area contributed by atoms with Gasteiger partial charge in [-0.05, 0) is 57.9 Å². The quantitative estimate of drug-likeness (QED) is 0.747. The largest absolute Gasteiger partial charge is 0.312 e. The van der Waals surface area contributed by atoms with E-state index in [1.165, 1.54) is 57.9 Å². The minimum Gasteiger partial charge on any atom is -0.312 e. The molecular formula is C16H32N2. The molecule has 0 saturated heterocycles. The van der Waals surface area contributed by atoms with Crippen molar-refractivity contribution in [2.75, 3.05) is 13.6 Å². The van der Waals surface area contributed by atoms with Gasteiger partial charge in [-0.2, -0.15) is 0 Å². The van der Waals surface area contributed by atoms with Crippen molar-refractivity contribution < 1.29 is 0 Å². The lowest BCUT2D eigenvalue weighted by Crippen LogP contribution is -2.47. The van der Waals surface area contributed by atoms with E-state index >= 15 is 0 Å². The maximum absolute atomic E-state index is 3.73. The van der Waals surface area contributed by atoms with Gasteiger partial charge in [0, 0.05) is 24.7 Å². The molecule has 18 heavy (non-hydrogen) atoms. The first-order valence-corrected chi connectivity index (χ1v) is 8.16. The van der Waals surface area contributed by atoms with Gasteiger partial charge in [-0.25, -0.2) is 0 Å². The van der Waals surface area contributed by atoms with Gasteiger partial charge in [0.1, 0.15) is 0 Å². The summed E-state index contributed by atoms with van der Waals surface area (Å²) < 4.78 is 0. The number of nitrogens with zero attached hydrogens (tertiary/aromatic N) is 1. The zero-order valence-electron chi connectivity index (χ0n) is 12.6. The maximum Gasteiger partial charge on any atom is 0.0220 e. The van der Waals surface area contributed by atoms with E-state index in [0.717, 1.165) is 24.0 Å². The molecule has 2 fully saturated rings. The summed E-state index contributed by atoms with van der Waals surface area (Å²) in [7, 11) is 2.37. The second kappa shape index (κ2) is 6.91. The molecule has 2 aliphatic carbocycles. The van der Waals surface area contributed by atoms with Crippen LogP contribution in [0.3, 0.4) is 0 Å². The van der Waals surface area contributed by atoms with E-state index in [-0.39, 0.29) is 0 Å². The Kier molecular flexibility index (Phi) is 5.50. The minimum atomic E-state index is 0.758. The van der Waals surface area contributed by atoms with E-state index < -0.39 is 0 Å². The number of nitrogens with one attached hydrogen (secondary N) is 1. The molecule has 0 bridgehead atoms. The fourth-order valence-electron chi connectivity index (χ4n) is 3.32. The van der Waals surface area contributed by atoms with Crippen LogP contribution >= 0.6 is 0 Å². The van der Waals surface area contributed by atoms with E-state index in [4.69, 9.17) is 0 Å². The molecular weight excluding hydrogens is 220 g/mol. The Balaban J connectivity index is 1.79. The van der Waals surface area contributed by atoms with Crippen LogP contribution in [0, 0.1) is 5.92 Å². The lowest BCUT2D eigenvalue weighted by Gasteiger charge is -2.39. The van der Waals surface area contributed by atoms with Gasteiger partial charge in [0.15, 0.2) is 0 Å². The van der Waals surface area contributed by atoms with E-state index in [2.05, 4.69) is 31.1 Å². The highest BCUT2D eigenvalue weighted by Crippen LogP contribution is 2.28. The summed E-state index contributed by atoms with van der Waals surface area (Å²) in [5.41, 5.74) is 0. The third-order valence-electron chi connectivity index (χ3n) is 4.98. The summed E-state index contributed by atoms with van der Waals surface area (Å²) >= 11 is 0. The molecule has 0 amide bonds. The monoisotopic (exact) mass is 252 g/mol. The van der Waals surface area contributed by atoms with Gasteiger partial charge in [-0.3, -0.25) is 4.90 Å². The highest BCUT2D eigenvalue weighted by molar-refractivity contribution is 4.86. The SMILES string of the molecule is CCCC(CNC1CC1)N(C)C1CCC(C)CC1. The normalized spacial score (nSPS) is 30.7. The highest BCUT2D eigenvalue weighted by atomic mass is 15.2. The predicted octanol–water partition coefficient (Wildman–Crippen LogP) is 3.42. The zero-order chi connectivity index (χ0) is 13.0. The molecule has 2 rings (SSSR count). The van der Waals surface area contributed by atoms with E-state index in [0.29, 0.717) is 0 Å². The van der Waals surface area contributed by atoms with Crippen molar-refractivity contribution in [2.24, 2.45) is 5.92 Å². The fourth-order valence-corrected chi connectivity index (χ4v) is 3.32.